The smallest absolute Gasteiger partial charge is 0.218 e. The van der Waals surface area contributed by atoms with Gasteiger partial charge < -0.3 is 10.6 Å². The molecule has 1 saturated heterocycles. The van der Waals surface area contributed by atoms with Gasteiger partial charge in [0.1, 0.15) is 5.75 Å². The van der Waals surface area contributed by atoms with Crippen LogP contribution in [0.3, 0.4) is 0 Å². The highest BCUT2D eigenvalue weighted by Crippen LogP contribution is 2.16. The molecular formula is C9H19N3O2S2. The van der Waals surface area contributed by atoms with Gasteiger partial charge in [-0.25, -0.2) is 13.1 Å². The highest BCUT2D eigenvalue weighted by molar-refractivity contribution is 7.92. The quantitative estimate of drug-likeness (QED) is 0.672. The fraction of sp³-hybridized carbons (Fsp3) is 0.889. The largest absolute Gasteiger partial charge is 0.392 e. The molecule has 1 rings (SSSR count). The maximum Gasteiger partial charge on any atom is 0.218 e. The molecule has 2 atom stereocenters. The first-order chi connectivity index (χ1) is 7.30. The second-order valence-electron chi connectivity index (χ2n) is 4.48. The van der Waals surface area contributed by atoms with Crippen molar-refractivity contribution in [3.63, 3.8) is 0 Å². The maximum atomic E-state index is 11.6. The summed E-state index contributed by atoms with van der Waals surface area (Å²) < 4.78 is 26.0. The molecule has 94 valence electrons. The molecule has 0 radical (unpaired) electrons. The molecule has 7 heteroatoms. The van der Waals surface area contributed by atoms with E-state index in [9.17, 15) is 8.42 Å². The Hall–Kier alpha value is -0.240. The summed E-state index contributed by atoms with van der Waals surface area (Å²) in [5.74, 6) is 0.0429. The Morgan fingerprint density at radius 1 is 1.62 bits per heavy atom. The second-order valence-corrected chi connectivity index (χ2v) is 6.76. The van der Waals surface area contributed by atoms with Crippen molar-refractivity contribution in [2.24, 2.45) is 11.7 Å². The van der Waals surface area contributed by atoms with Crippen molar-refractivity contribution in [2.45, 2.75) is 19.4 Å². The number of nitrogens with one attached hydrogen (secondary N) is 1. The molecule has 0 aliphatic carbocycles. The summed E-state index contributed by atoms with van der Waals surface area (Å²) in [6.45, 7) is 3.86. The van der Waals surface area contributed by atoms with Crippen LogP contribution >= 0.6 is 12.2 Å². The topological polar surface area (TPSA) is 75.4 Å². The first-order valence-electron chi connectivity index (χ1n) is 5.27. The lowest BCUT2D eigenvalue weighted by Crippen LogP contribution is -2.50. The zero-order valence-corrected chi connectivity index (χ0v) is 11.3. The number of hydrogen-bond donors (Lipinski definition) is 2. The highest BCUT2D eigenvalue weighted by Gasteiger charge is 2.27. The van der Waals surface area contributed by atoms with E-state index in [4.69, 9.17) is 5.73 Å². The number of nitrogens with two attached hydrogens (primary N) is 1. The summed E-state index contributed by atoms with van der Waals surface area (Å²) in [7, 11) is -1.33. The molecule has 0 saturated carbocycles. The van der Waals surface area contributed by atoms with Crippen LogP contribution in [0.25, 0.3) is 0 Å². The first kappa shape index (κ1) is 13.8. The van der Waals surface area contributed by atoms with E-state index in [1.54, 1.807) is 0 Å². The van der Waals surface area contributed by atoms with Crippen molar-refractivity contribution in [1.29, 1.82) is 0 Å². The van der Waals surface area contributed by atoms with E-state index in [0.29, 0.717) is 5.92 Å². The summed E-state index contributed by atoms with van der Waals surface area (Å²) in [6.07, 6.45) is 0.828. The second kappa shape index (κ2) is 5.39. The number of nitrogens with zero attached hydrogens (tertiary/aromatic N) is 1. The maximum absolute atomic E-state index is 11.6. The predicted molar refractivity (Wildman–Crippen MR) is 68.8 cm³/mol. The van der Waals surface area contributed by atoms with Crippen LogP contribution < -0.4 is 10.5 Å². The Morgan fingerprint density at radius 2 is 2.25 bits per heavy atom. The van der Waals surface area contributed by atoms with Gasteiger partial charge in [0.15, 0.2) is 0 Å². The number of sulfonamides is 1. The minimum atomic E-state index is -3.37. The van der Waals surface area contributed by atoms with Crippen molar-refractivity contribution in [1.82, 2.24) is 9.62 Å². The number of rotatable bonds is 4. The van der Waals surface area contributed by atoms with Crippen molar-refractivity contribution in [3.8, 4) is 0 Å². The van der Waals surface area contributed by atoms with Gasteiger partial charge in [-0.3, -0.25) is 0 Å². The summed E-state index contributed by atoms with van der Waals surface area (Å²) in [5, 5.41) is 0. The summed E-state index contributed by atoms with van der Waals surface area (Å²) in [6, 6.07) is -0.00412. The van der Waals surface area contributed by atoms with Gasteiger partial charge in [0.05, 0.1) is 4.99 Å². The Kier molecular flexibility index (Phi) is 4.66. The average molecular weight is 265 g/mol. The predicted octanol–water partition coefficient (Wildman–Crippen LogP) is -0.468. The van der Waals surface area contributed by atoms with Gasteiger partial charge in [-0.05, 0) is 25.9 Å². The molecule has 1 fully saturated rings. The van der Waals surface area contributed by atoms with Crippen molar-refractivity contribution in [3.05, 3.63) is 0 Å². The number of thiocarbonyl (C=S) groups is 1. The van der Waals surface area contributed by atoms with E-state index >= 15 is 0 Å². The standard InChI is InChI=1S/C9H19N3O2S2/c1-7-5-12(2)4-3-8(7)11-16(13,14)6-9(10)15/h7-8,11H,3-6H2,1-2H3,(H2,10,15). The number of piperidine rings is 1. The summed E-state index contributed by atoms with van der Waals surface area (Å²) in [4.78, 5) is 2.20. The Labute approximate surface area is 102 Å². The average Bonchev–Trinajstić information content (AvgIpc) is 2.07. The van der Waals surface area contributed by atoms with Crippen molar-refractivity contribution < 1.29 is 8.42 Å². The lowest BCUT2D eigenvalue weighted by Gasteiger charge is -2.34. The Bertz CT molecular complexity index is 356. The van der Waals surface area contributed by atoms with E-state index in [2.05, 4.69) is 21.8 Å². The zero-order valence-electron chi connectivity index (χ0n) is 9.64. The zero-order chi connectivity index (χ0) is 12.3. The Balaban J connectivity index is 2.57. The van der Waals surface area contributed by atoms with Crippen molar-refractivity contribution in [2.75, 3.05) is 25.9 Å². The molecule has 2 unspecified atom stereocenters. The fourth-order valence-electron chi connectivity index (χ4n) is 1.99. The third-order valence-electron chi connectivity index (χ3n) is 2.77. The van der Waals surface area contributed by atoms with Crippen LogP contribution in [0.2, 0.25) is 0 Å². The van der Waals surface area contributed by atoms with Crippen LogP contribution in [0, 0.1) is 5.92 Å². The van der Waals surface area contributed by atoms with Gasteiger partial charge >= 0.3 is 0 Å². The third-order valence-corrected chi connectivity index (χ3v) is 4.45. The molecule has 0 aromatic heterocycles. The van der Waals surface area contributed by atoms with Crippen LogP contribution in [0.15, 0.2) is 0 Å². The van der Waals surface area contributed by atoms with Gasteiger partial charge in [0, 0.05) is 12.6 Å². The monoisotopic (exact) mass is 265 g/mol. The van der Waals surface area contributed by atoms with E-state index in [1.807, 2.05) is 14.0 Å². The first-order valence-corrected chi connectivity index (χ1v) is 7.33. The van der Waals surface area contributed by atoms with Gasteiger partial charge in [-0.1, -0.05) is 19.1 Å². The molecule has 3 N–H and O–H groups in total. The molecule has 1 aliphatic rings. The molecule has 5 nitrogen and oxygen atoms in total. The summed E-state index contributed by atoms with van der Waals surface area (Å²) in [5.41, 5.74) is 5.24. The Morgan fingerprint density at radius 3 is 2.75 bits per heavy atom. The minimum Gasteiger partial charge on any atom is -0.392 e. The third kappa shape index (κ3) is 4.32. The number of hydrogen-bond acceptors (Lipinski definition) is 4. The number of likely N-dealkylation sites (tertiary alicyclic amines) is 1. The fourth-order valence-corrected chi connectivity index (χ4v) is 3.72. The molecule has 0 aromatic rings. The van der Waals surface area contributed by atoms with Gasteiger partial charge in [-0.2, -0.15) is 0 Å². The van der Waals surface area contributed by atoms with E-state index in [0.717, 1.165) is 19.5 Å². The van der Waals surface area contributed by atoms with Gasteiger partial charge in [0.2, 0.25) is 10.0 Å². The minimum absolute atomic E-state index is 0.00412. The SMILES string of the molecule is CC1CN(C)CCC1NS(=O)(=O)CC(N)=S. The molecule has 0 spiro atoms. The van der Waals surface area contributed by atoms with E-state index in [-0.39, 0.29) is 16.8 Å². The van der Waals surface area contributed by atoms with E-state index < -0.39 is 10.0 Å². The lowest BCUT2D eigenvalue weighted by atomic mass is 9.95. The lowest BCUT2D eigenvalue weighted by molar-refractivity contribution is 0.188. The molecule has 0 bridgehead atoms. The van der Waals surface area contributed by atoms with Gasteiger partial charge in [0.25, 0.3) is 0 Å². The highest BCUT2D eigenvalue weighted by atomic mass is 32.2. The van der Waals surface area contributed by atoms with E-state index in [1.165, 1.54) is 0 Å². The molecule has 1 aliphatic heterocycles. The molecule has 1 heterocycles. The van der Waals surface area contributed by atoms with Crippen molar-refractivity contribution >= 4 is 27.2 Å². The van der Waals surface area contributed by atoms with Crippen LogP contribution in [0.4, 0.5) is 0 Å². The molecule has 0 aromatic carbocycles. The van der Waals surface area contributed by atoms with Crippen LogP contribution in [-0.4, -0.2) is 50.2 Å². The van der Waals surface area contributed by atoms with Crippen LogP contribution in [-0.2, 0) is 10.0 Å². The molecule has 16 heavy (non-hydrogen) atoms. The molecule has 0 amide bonds. The van der Waals surface area contributed by atoms with Crippen LogP contribution in [0.5, 0.6) is 0 Å². The summed E-state index contributed by atoms with van der Waals surface area (Å²) >= 11 is 4.61. The van der Waals surface area contributed by atoms with Gasteiger partial charge in [-0.15, -0.1) is 0 Å². The van der Waals surface area contributed by atoms with Crippen LogP contribution in [0.1, 0.15) is 13.3 Å². The normalized spacial score (nSPS) is 27.9. The molecular weight excluding hydrogens is 246 g/mol.